The van der Waals surface area contributed by atoms with E-state index in [9.17, 15) is 9.59 Å². The van der Waals surface area contributed by atoms with Crippen LogP contribution in [0.4, 0.5) is 5.69 Å². The van der Waals surface area contributed by atoms with Crippen molar-refractivity contribution in [3.63, 3.8) is 0 Å². The summed E-state index contributed by atoms with van der Waals surface area (Å²) >= 11 is 0. The molecule has 0 N–H and O–H groups in total. The molecule has 2 aliphatic heterocycles. The van der Waals surface area contributed by atoms with Gasteiger partial charge in [0.2, 0.25) is 5.91 Å². The summed E-state index contributed by atoms with van der Waals surface area (Å²) in [6.45, 7) is 3.68. The van der Waals surface area contributed by atoms with Gasteiger partial charge in [0.25, 0.3) is 5.91 Å². The maximum atomic E-state index is 12.6. The Morgan fingerprint density at radius 1 is 1.20 bits per heavy atom. The van der Waals surface area contributed by atoms with Gasteiger partial charge in [-0.2, -0.15) is 5.10 Å². The lowest BCUT2D eigenvalue weighted by Crippen LogP contribution is -2.34. The molecule has 0 aromatic carbocycles. The van der Waals surface area contributed by atoms with E-state index in [2.05, 4.69) is 15.1 Å². The van der Waals surface area contributed by atoms with E-state index >= 15 is 0 Å². The smallest absolute Gasteiger partial charge is 0.274 e. The zero-order valence-corrected chi connectivity index (χ0v) is 14.3. The van der Waals surface area contributed by atoms with Crippen molar-refractivity contribution in [3.05, 3.63) is 36.2 Å². The van der Waals surface area contributed by atoms with Crippen molar-refractivity contribution in [3.8, 4) is 0 Å². The van der Waals surface area contributed by atoms with Crippen LogP contribution in [0.15, 0.2) is 24.8 Å². The van der Waals surface area contributed by atoms with E-state index in [0.717, 1.165) is 17.8 Å². The van der Waals surface area contributed by atoms with Crippen LogP contribution in [-0.4, -0.2) is 56.1 Å². The molecule has 2 saturated heterocycles. The molecule has 2 amide bonds. The molecule has 2 fully saturated rings. The van der Waals surface area contributed by atoms with Gasteiger partial charge < -0.3 is 9.80 Å². The van der Waals surface area contributed by atoms with Crippen LogP contribution in [0.5, 0.6) is 0 Å². The van der Waals surface area contributed by atoms with Crippen molar-refractivity contribution in [1.82, 2.24) is 24.6 Å². The summed E-state index contributed by atoms with van der Waals surface area (Å²) in [5.41, 5.74) is 1.78. The highest BCUT2D eigenvalue weighted by molar-refractivity contribution is 5.97. The Bertz CT molecular complexity index is 830. The van der Waals surface area contributed by atoms with Crippen LogP contribution in [0.1, 0.15) is 29.0 Å². The number of aryl methyl sites for hydroxylation is 2. The number of rotatable bonds is 2. The molecule has 8 heteroatoms. The van der Waals surface area contributed by atoms with E-state index in [4.69, 9.17) is 0 Å². The quantitative estimate of drug-likeness (QED) is 0.807. The molecular formula is C17H20N6O2. The van der Waals surface area contributed by atoms with Crippen LogP contribution in [0.2, 0.25) is 0 Å². The number of anilines is 1. The highest BCUT2D eigenvalue weighted by Gasteiger charge is 2.49. The zero-order chi connectivity index (χ0) is 17.6. The molecule has 0 aliphatic carbocycles. The first kappa shape index (κ1) is 15.7. The van der Waals surface area contributed by atoms with Crippen molar-refractivity contribution >= 4 is 17.5 Å². The van der Waals surface area contributed by atoms with Gasteiger partial charge in [-0.25, -0.2) is 4.98 Å². The van der Waals surface area contributed by atoms with Crippen LogP contribution in [-0.2, 0) is 11.8 Å². The van der Waals surface area contributed by atoms with Crippen LogP contribution < -0.4 is 4.90 Å². The molecule has 2 aromatic heterocycles. The van der Waals surface area contributed by atoms with Gasteiger partial charge in [-0.3, -0.25) is 19.3 Å². The number of carbonyl (C=O) groups is 2. The molecule has 0 unspecified atom stereocenters. The minimum Gasteiger partial charge on any atom is -0.337 e. The van der Waals surface area contributed by atoms with Crippen molar-refractivity contribution in [1.29, 1.82) is 0 Å². The summed E-state index contributed by atoms with van der Waals surface area (Å²) in [7, 11) is 1.83. The third kappa shape index (κ3) is 2.77. The third-order valence-corrected chi connectivity index (χ3v) is 5.05. The fraction of sp³-hybridized carbons (Fsp3) is 0.471. The molecule has 8 nitrogen and oxygen atoms in total. The Balaban J connectivity index is 1.49. The predicted molar refractivity (Wildman–Crippen MR) is 89.9 cm³/mol. The van der Waals surface area contributed by atoms with E-state index in [-0.39, 0.29) is 17.2 Å². The minimum atomic E-state index is -0.180. The van der Waals surface area contributed by atoms with Crippen molar-refractivity contribution in [2.24, 2.45) is 12.5 Å². The van der Waals surface area contributed by atoms with Crippen molar-refractivity contribution < 1.29 is 9.59 Å². The molecule has 130 valence electrons. The number of amides is 2. The average molecular weight is 340 g/mol. The first-order chi connectivity index (χ1) is 12.0. The topological polar surface area (TPSA) is 84.2 Å². The molecule has 25 heavy (non-hydrogen) atoms. The fourth-order valence-electron chi connectivity index (χ4n) is 3.73. The highest BCUT2D eigenvalue weighted by Crippen LogP contribution is 2.42. The summed E-state index contributed by atoms with van der Waals surface area (Å²) in [6.07, 6.45) is 7.95. The number of aromatic nitrogens is 4. The Hall–Kier alpha value is -2.77. The summed E-state index contributed by atoms with van der Waals surface area (Å²) in [5.74, 6) is -0.0194. The second-order valence-electron chi connectivity index (χ2n) is 7.05. The molecule has 2 aromatic rings. The highest BCUT2D eigenvalue weighted by atomic mass is 16.2. The van der Waals surface area contributed by atoms with Crippen LogP contribution in [0, 0.1) is 12.3 Å². The molecule has 2 aliphatic rings. The van der Waals surface area contributed by atoms with E-state index in [1.807, 2.05) is 20.2 Å². The van der Waals surface area contributed by atoms with Gasteiger partial charge in [-0.05, 0) is 13.3 Å². The molecule has 4 heterocycles. The number of hydrogen-bond acceptors (Lipinski definition) is 5. The Morgan fingerprint density at radius 3 is 2.72 bits per heavy atom. The monoisotopic (exact) mass is 340 g/mol. The maximum Gasteiger partial charge on any atom is 0.274 e. The van der Waals surface area contributed by atoms with Gasteiger partial charge in [0.1, 0.15) is 5.69 Å². The van der Waals surface area contributed by atoms with E-state index in [1.54, 1.807) is 26.9 Å². The lowest BCUT2D eigenvalue weighted by atomic mass is 9.86. The van der Waals surface area contributed by atoms with Crippen LogP contribution in [0.3, 0.4) is 0 Å². The van der Waals surface area contributed by atoms with Gasteiger partial charge in [0.15, 0.2) is 0 Å². The molecule has 0 saturated carbocycles. The molecule has 0 bridgehead atoms. The van der Waals surface area contributed by atoms with Gasteiger partial charge in [0.05, 0.1) is 23.8 Å². The minimum absolute atomic E-state index is 0.0948. The first-order valence-electron chi connectivity index (χ1n) is 8.33. The SMILES string of the molecule is Cc1cnc(C(=O)N2CC[C@]3(CC(=O)N(c4cnn(C)c4)C3)C2)cn1. The Labute approximate surface area is 145 Å². The van der Waals surface area contributed by atoms with E-state index in [1.165, 1.54) is 6.20 Å². The zero-order valence-electron chi connectivity index (χ0n) is 14.3. The molecule has 1 atom stereocenters. The summed E-state index contributed by atoms with van der Waals surface area (Å²) in [4.78, 5) is 37.0. The van der Waals surface area contributed by atoms with Crippen LogP contribution >= 0.6 is 0 Å². The Kier molecular flexibility index (Phi) is 3.55. The van der Waals surface area contributed by atoms with Crippen molar-refractivity contribution in [2.45, 2.75) is 19.8 Å². The molecule has 4 rings (SSSR count). The summed E-state index contributed by atoms with van der Waals surface area (Å²) in [6, 6.07) is 0. The molecule has 0 radical (unpaired) electrons. The normalized spacial score (nSPS) is 23.0. The third-order valence-electron chi connectivity index (χ3n) is 5.05. The average Bonchev–Trinajstić information content (AvgIpc) is 3.27. The standard InChI is InChI=1S/C17H20N6O2/c1-12-6-19-14(8-18-12)16(25)22-4-3-17(10-22)5-15(24)23(11-17)13-7-20-21(2)9-13/h6-9H,3-5,10-11H2,1-2H3/t17-/m0/s1. The second-order valence-corrected chi connectivity index (χ2v) is 7.05. The number of nitrogens with zero attached hydrogens (tertiary/aromatic N) is 6. The lowest BCUT2D eigenvalue weighted by Gasteiger charge is -2.23. The van der Waals surface area contributed by atoms with E-state index < -0.39 is 0 Å². The van der Waals surface area contributed by atoms with Gasteiger partial charge in [-0.1, -0.05) is 0 Å². The fourth-order valence-corrected chi connectivity index (χ4v) is 3.73. The predicted octanol–water partition coefficient (Wildman–Crippen LogP) is 0.788. The van der Waals surface area contributed by atoms with E-state index in [0.29, 0.717) is 31.7 Å². The lowest BCUT2D eigenvalue weighted by molar-refractivity contribution is -0.117. The maximum absolute atomic E-state index is 12.6. The van der Waals surface area contributed by atoms with Crippen molar-refractivity contribution in [2.75, 3.05) is 24.5 Å². The summed E-state index contributed by atoms with van der Waals surface area (Å²) < 4.78 is 1.69. The molecule has 1 spiro atoms. The van der Waals surface area contributed by atoms with Gasteiger partial charge in [0, 0.05) is 50.9 Å². The summed E-state index contributed by atoms with van der Waals surface area (Å²) in [5, 5.41) is 4.14. The number of hydrogen-bond donors (Lipinski definition) is 0. The second kappa shape index (κ2) is 5.65. The number of carbonyl (C=O) groups excluding carboxylic acids is 2. The first-order valence-corrected chi connectivity index (χ1v) is 8.33. The molecular weight excluding hydrogens is 320 g/mol. The largest absolute Gasteiger partial charge is 0.337 e. The van der Waals surface area contributed by atoms with Crippen LogP contribution in [0.25, 0.3) is 0 Å². The Morgan fingerprint density at radius 2 is 2.04 bits per heavy atom. The van der Waals surface area contributed by atoms with Gasteiger partial charge in [-0.15, -0.1) is 0 Å². The number of likely N-dealkylation sites (tertiary alicyclic amines) is 1. The van der Waals surface area contributed by atoms with Gasteiger partial charge >= 0.3 is 0 Å².